The van der Waals surface area contributed by atoms with Crippen molar-refractivity contribution in [3.8, 4) is 28.4 Å². The molecule has 0 fully saturated rings. The van der Waals surface area contributed by atoms with Crippen molar-refractivity contribution in [2.75, 3.05) is 19.5 Å². The summed E-state index contributed by atoms with van der Waals surface area (Å²) >= 11 is 0. The fraction of sp³-hybridized carbons (Fsp3) is 0.148. The molecule has 176 valence electrons. The summed E-state index contributed by atoms with van der Waals surface area (Å²) in [4.78, 5) is 25.1. The topological polar surface area (TPSA) is 82.4 Å². The van der Waals surface area contributed by atoms with E-state index in [0.717, 1.165) is 11.1 Å². The van der Waals surface area contributed by atoms with Crippen molar-refractivity contribution in [3.63, 3.8) is 0 Å². The van der Waals surface area contributed by atoms with E-state index in [0.29, 0.717) is 40.4 Å². The van der Waals surface area contributed by atoms with Gasteiger partial charge in [-0.3, -0.25) is 9.59 Å². The summed E-state index contributed by atoms with van der Waals surface area (Å²) in [5.74, 6) is 0.0575. The third kappa shape index (κ3) is 3.82. The lowest BCUT2D eigenvalue weighted by atomic mass is 10.1. The standard InChI is InChI=1S/C27H22FN3O4/c1-15(32)16-7-6-8-18(11-16)29-27(33)25-20-12-17-13-23(34-2)24(35-3)14-19(17)26(20)31(30-25)22-10-5-4-9-21(22)28/h4-11,13-14H,12H2,1-3H3,(H,29,33). The second-order valence-electron chi connectivity index (χ2n) is 8.17. The number of nitrogens with one attached hydrogen (secondary N) is 1. The number of Topliss-reactive ketones (excluding diaryl/α,β-unsaturated/α-hetero) is 1. The molecule has 3 aromatic carbocycles. The van der Waals surface area contributed by atoms with Crippen molar-refractivity contribution < 1.29 is 23.5 Å². The Morgan fingerprint density at radius 1 is 1.00 bits per heavy atom. The number of carbonyl (C=O) groups is 2. The van der Waals surface area contributed by atoms with Crippen molar-refractivity contribution in [2.24, 2.45) is 0 Å². The van der Waals surface area contributed by atoms with E-state index in [1.807, 2.05) is 12.1 Å². The van der Waals surface area contributed by atoms with E-state index in [1.54, 1.807) is 56.7 Å². The molecule has 0 radical (unpaired) electrons. The van der Waals surface area contributed by atoms with Gasteiger partial charge in [0.05, 0.1) is 19.9 Å². The first-order valence-electron chi connectivity index (χ1n) is 11.0. The second-order valence-corrected chi connectivity index (χ2v) is 8.17. The second kappa shape index (κ2) is 8.72. The molecular weight excluding hydrogens is 449 g/mol. The van der Waals surface area contributed by atoms with Gasteiger partial charge >= 0.3 is 0 Å². The number of ketones is 1. The summed E-state index contributed by atoms with van der Waals surface area (Å²) < 4.78 is 27.2. The third-order valence-corrected chi connectivity index (χ3v) is 6.04. The Kier molecular flexibility index (Phi) is 5.56. The van der Waals surface area contributed by atoms with Gasteiger partial charge in [-0.2, -0.15) is 5.10 Å². The normalized spacial score (nSPS) is 11.5. The molecule has 1 heterocycles. The molecule has 0 aliphatic heterocycles. The molecular formula is C27H22FN3O4. The zero-order chi connectivity index (χ0) is 24.7. The highest BCUT2D eigenvalue weighted by atomic mass is 19.1. The summed E-state index contributed by atoms with van der Waals surface area (Å²) in [6.45, 7) is 1.46. The number of para-hydroxylation sites is 1. The minimum atomic E-state index is -0.465. The number of amides is 1. The largest absolute Gasteiger partial charge is 0.493 e. The number of hydrogen-bond donors (Lipinski definition) is 1. The van der Waals surface area contributed by atoms with Gasteiger partial charge in [-0.15, -0.1) is 0 Å². The molecule has 1 aliphatic carbocycles. The number of methoxy groups -OCH3 is 2. The maximum Gasteiger partial charge on any atom is 0.276 e. The van der Waals surface area contributed by atoms with Crippen LogP contribution in [0.3, 0.4) is 0 Å². The Bertz CT molecular complexity index is 1490. The highest BCUT2D eigenvalue weighted by Crippen LogP contribution is 2.45. The Hall–Kier alpha value is -4.46. The molecule has 35 heavy (non-hydrogen) atoms. The minimum Gasteiger partial charge on any atom is -0.493 e. The first kappa shape index (κ1) is 22.3. The van der Waals surface area contributed by atoms with Crippen molar-refractivity contribution in [1.29, 1.82) is 0 Å². The van der Waals surface area contributed by atoms with Crippen molar-refractivity contribution >= 4 is 17.4 Å². The number of rotatable bonds is 6. The molecule has 0 bridgehead atoms. The molecule has 4 aromatic rings. The minimum absolute atomic E-state index is 0.107. The highest BCUT2D eigenvalue weighted by Gasteiger charge is 2.33. The van der Waals surface area contributed by atoms with E-state index in [-0.39, 0.29) is 17.2 Å². The molecule has 1 amide bonds. The van der Waals surface area contributed by atoms with Gasteiger partial charge in [-0.05, 0) is 48.9 Å². The van der Waals surface area contributed by atoms with E-state index in [4.69, 9.17) is 9.47 Å². The molecule has 1 aliphatic rings. The van der Waals surface area contributed by atoms with Crippen LogP contribution in [0.4, 0.5) is 10.1 Å². The number of carbonyl (C=O) groups excluding carboxylic acids is 2. The van der Waals surface area contributed by atoms with Crippen LogP contribution < -0.4 is 14.8 Å². The summed E-state index contributed by atoms with van der Waals surface area (Å²) in [5, 5.41) is 7.36. The lowest BCUT2D eigenvalue weighted by Crippen LogP contribution is -2.15. The van der Waals surface area contributed by atoms with Gasteiger partial charge in [0, 0.05) is 28.8 Å². The zero-order valence-electron chi connectivity index (χ0n) is 19.4. The molecule has 1 aromatic heterocycles. The molecule has 5 rings (SSSR count). The molecule has 0 unspecified atom stereocenters. The summed E-state index contributed by atoms with van der Waals surface area (Å²) in [5.41, 5.74) is 4.33. The van der Waals surface area contributed by atoms with Crippen molar-refractivity contribution in [2.45, 2.75) is 13.3 Å². The van der Waals surface area contributed by atoms with Crippen LogP contribution in [-0.4, -0.2) is 35.7 Å². The van der Waals surface area contributed by atoms with Crippen molar-refractivity contribution in [1.82, 2.24) is 9.78 Å². The first-order valence-corrected chi connectivity index (χ1v) is 11.0. The Morgan fingerprint density at radius 2 is 1.74 bits per heavy atom. The van der Waals surface area contributed by atoms with Gasteiger partial charge in [-0.25, -0.2) is 9.07 Å². The fourth-order valence-corrected chi connectivity index (χ4v) is 4.36. The van der Waals surface area contributed by atoms with Crippen LogP contribution in [0.15, 0.2) is 60.7 Å². The van der Waals surface area contributed by atoms with Crippen LogP contribution >= 0.6 is 0 Å². The van der Waals surface area contributed by atoms with Gasteiger partial charge < -0.3 is 14.8 Å². The quantitative estimate of drug-likeness (QED) is 0.350. The SMILES string of the molecule is COc1cc2c(cc1OC)-c1c(c(C(=O)Nc3cccc(C(C)=O)c3)nn1-c1ccccc1F)C2. The van der Waals surface area contributed by atoms with Gasteiger partial charge in [0.2, 0.25) is 0 Å². The Morgan fingerprint density at radius 3 is 2.46 bits per heavy atom. The van der Waals surface area contributed by atoms with Crippen LogP contribution in [0.25, 0.3) is 16.9 Å². The smallest absolute Gasteiger partial charge is 0.276 e. The average molecular weight is 471 g/mol. The maximum atomic E-state index is 14.8. The van der Waals surface area contributed by atoms with E-state index >= 15 is 0 Å². The van der Waals surface area contributed by atoms with Crippen LogP contribution in [0, 0.1) is 5.82 Å². The number of anilines is 1. The number of halogens is 1. The predicted molar refractivity (Wildman–Crippen MR) is 129 cm³/mol. The molecule has 1 N–H and O–H groups in total. The van der Waals surface area contributed by atoms with E-state index in [2.05, 4.69) is 10.4 Å². The van der Waals surface area contributed by atoms with Gasteiger partial charge in [-0.1, -0.05) is 24.3 Å². The summed E-state index contributed by atoms with van der Waals surface area (Å²) in [7, 11) is 3.10. The molecule has 0 saturated carbocycles. The Balaban J connectivity index is 1.65. The van der Waals surface area contributed by atoms with E-state index in [9.17, 15) is 14.0 Å². The molecule has 0 spiro atoms. The lowest BCUT2D eigenvalue weighted by molar-refractivity contribution is 0.100. The lowest BCUT2D eigenvalue weighted by Gasteiger charge is -2.12. The maximum absolute atomic E-state index is 14.8. The Labute approximate surface area is 201 Å². The number of hydrogen-bond acceptors (Lipinski definition) is 5. The monoisotopic (exact) mass is 471 g/mol. The molecule has 7 nitrogen and oxygen atoms in total. The van der Waals surface area contributed by atoms with Crippen LogP contribution in [0.1, 0.15) is 38.9 Å². The van der Waals surface area contributed by atoms with E-state index < -0.39 is 11.7 Å². The highest BCUT2D eigenvalue weighted by molar-refractivity contribution is 6.06. The van der Waals surface area contributed by atoms with Gasteiger partial charge in [0.25, 0.3) is 5.91 Å². The molecule has 8 heteroatoms. The molecule has 0 atom stereocenters. The third-order valence-electron chi connectivity index (χ3n) is 6.04. The number of ether oxygens (including phenoxy) is 2. The van der Waals surface area contributed by atoms with Crippen LogP contribution in [0.5, 0.6) is 11.5 Å². The van der Waals surface area contributed by atoms with Crippen molar-refractivity contribution in [3.05, 3.63) is 88.9 Å². The zero-order valence-corrected chi connectivity index (χ0v) is 19.4. The van der Waals surface area contributed by atoms with E-state index in [1.165, 1.54) is 17.7 Å². The van der Waals surface area contributed by atoms with Gasteiger partial charge in [0.1, 0.15) is 11.5 Å². The first-order chi connectivity index (χ1) is 16.9. The number of benzene rings is 3. The number of fused-ring (bicyclic) bond motifs is 3. The van der Waals surface area contributed by atoms with Crippen LogP contribution in [-0.2, 0) is 6.42 Å². The summed E-state index contributed by atoms with van der Waals surface area (Å²) in [6.07, 6.45) is 0.412. The molecule has 0 saturated heterocycles. The fourth-order valence-electron chi connectivity index (χ4n) is 4.36. The van der Waals surface area contributed by atoms with Crippen LogP contribution in [0.2, 0.25) is 0 Å². The predicted octanol–water partition coefficient (Wildman–Crippen LogP) is 5.05. The summed E-state index contributed by atoms with van der Waals surface area (Å²) in [6, 6.07) is 16.6. The number of nitrogens with zero attached hydrogens (tertiary/aromatic N) is 2. The number of aromatic nitrogens is 2. The van der Waals surface area contributed by atoms with Gasteiger partial charge in [0.15, 0.2) is 23.0 Å². The average Bonchev–Trinajstić information content (AvgIpc) is 3.40.